The van der Waals surface area contributed by atoms with Crippen molar-refractivity contribution in [1.29, 1.82) is 0 Å². The van der Waals surface area contributed by atoms with E-state index in [0.29, 0.717) is 6.42 Å². The summed E-state index contributed by atoms with van der Waals surface area (Å²) in [5, 5.41) is 12.3. The largest absolute Gasteiger partial charge is 0.393 e. The number of carbonyl (C=O) groups is 1. The van der Waals surface area contributed by atoms with E-state index in [2.05, 4.69) is 24.4 Å². The number of hydrogen-bond donors (Lipinski definition) is 3. The van der Waals surface area contributed by atoms with Crippen molar-refractivity contribution in [2.45, 2.75) is 96.5 Å². The van der Waals surface area contributed by atoms with Crippen LogP contribution >= 0.6 is 0 Å². The summed E-state index contributed by atoms with van der Waals surface area (Å²) < 4.78 is 29.6. The number of carbonyl (C=O) groups excluding carboxylic acids is 1. The van der Waals surface area contributed by atoms with Gasteiger partial charge < -0.3 is 10.4 Å². The lowest BCUT2D eigenvalue weighted by Crippen LogP contribution is -2.28. The van der Waals surface area contributed by atoms with Crippen molar-refractivity contribution in [1.82, 2.24) is 5.32 Å². The van der Waals surface area contributed by atoms with Crippen molar-refractivity contribution in [2.75, 3.05) is 12.3 Å². The predicted octanol–water partition coefficient (Wildman–Crippen LogP) is 4.00. The molecule has 0 bridgehead atoms. The zero-order valence-corrected chi connectivity index (χ0v) is 17.7. The summed E-state index contributed by atoms with van der Waals surface area (Å²) in [6.07, 6.45) is 17.0. The van der Waals surface area contributed by atoms with Crippen LogP contribution in [-0.4, -0.2) is 42.4 Å². The fourth-order valence-electron chi connectivity index (χ4n) is 2.78. The molecule has 0 aromatic heterocycles. The van der Waals surface area contributed by atoms with Crippen LogP contribution in [0.3, 0.4) is 0 Å². The van der Waals surface area contributed by atoms with Crippen molar-refractivity contribution >= 4 is 16.0 Å². The molecule has 0 heterocycles. The molecule has 0 aromatic rings. The van der Waals surface area contributed by atoms with Gasteiger partial charge in [0.25, 0.3) is 10.1 Å². The molecule has 0 saturated heterocycles. The van der Waals surface area contributed by atoms with Gasteiger partial charge in [0.15, 0.2) is 0 Å². The number of amides is 1. The third-order valence-corrected chi connectivity index (χ3v) is 5.14. The van der Waals surface area contributed by atoms with Crippen LogP contribution in [0.5, 0.6) is 0 Å². The van der Waals surface area contributed by atoms with Crippen molar-refractivity contribution in [3.8, 4) is 0 Å². The van der Waals surface area contributed by atoms with Crippen LogP contribution in [0.1, 0.15) is 90.4 Å². The van der Waals surface area contributed by atoms with Gasteiger partial charge in [0.2, 0.25) is 5.91 Å². The van der Waals surface area contributed by atoms with Gasteiger partial charge in [-0.05, 0) is 32.1 Å². The van der Waals surface area contributed by atoms with Gasteiger partial charge in [0.1, 0.15) is 0 Å². The number of rotatable bonds is 18. The first-order valence-electron chi connectivity index (χ1n) is 10.4. The predicted molar refractivity (Wildman–Crippen MR) is 110 cm³/mol. The van der Waals surface area contributed by atoms with Crippen LogP contribution in [0.25, 0.3) is 0 Å². The molecular formula is C20H39NO5S. The maximum absolute atomic E-state index is 11.5. The summed E-state index contributed by atoms with van der Waals surface area (Å²) >= 11 is 0. The maximum atomic E-state index is 11.5. The van der Waals surface area contributed by atoms with E-state index in [9.17, 15) is 18.3 Å². The summed E-state index contributed by atoms with van der Waals surface area (Å²) in [6.45, 7) is 2.14. The number of nitrogens with one attached hydrogen (secondary N) is 1. The van der Waals surface area contributed by atoms with E-state index in [0.717, 1.165) is 57.8 Å². The number of aliphatic hydroxyl groups excluding tert-OH is 1. The Bertz CT molecular complexity index is 491. The molecule has 0 rings (SSSR count). The monoisotopic (exact) mass is 405 g/mol. The number of hydrogen-bond acceptors (Lipinski definition) is 4. The van der Waals surface area contributed by atoms with E-state index < -0.39 is 15.9 Å². The van der Waals surface area contributed by atoms with Gasteiger partial charge in [-0.15, -0.1) is 0 Å². The lowest BCUT2D eigenvalue weighted by molar-refractivity contribution is -0.121. The zero-order chi connectivity index (χ0) is 20.4. The van der Waals surface area contributed by atoms with Crippen LogP contribution in [0, 0.1) is 0 Å². The van der Waals surface area contributed by atoms with Crippen molar-refractivity contribution < 1.29 is 22.9 Å². The molecule has 0 aliphatic carbocycles. The fraction of sp³-hybridized carbons (Fsp3) is 0.850. The zero-order valence-electron chi connectivity index (χ0n) is 16.9. The average Bonchev–Trinajstić information content (AvgIpc) is 2.59. The second-order valence-electron chi connectivity index (χ2n) is 7.15. The highest BCUT2D eigenvalue weighted by molar-refractivity contribution is 7.85. The number of aliphatic hydroxyl groups is 1. The molecule has 0 spiro atoms. The molecule has 7 heteroatoms. The molecule has 1 atom stereocenters. The minimum atomic E-state index is -4.01. The molecular weight excluding hydrogens is 366 g/mol. The number of allylic oxidation sites excluding steroid dienone is 1. The van der Waals surface area contributed by atoms with E-state index in [1.54, 1.807) is 0 Å². The summed E-state index contributed by atoms with van der Waals surface area (Å²) in [4.78, 5) is 11.5. The molecule has 0 radical (unpaired) electrons. The first-order valence-corrected chi connectivity index (χ1v) is 12.0. The summed E-state index contributed by atoms with van der Waals surface area (Å²) in [7, 11) is -4.01. The Kier molecular flexibility index (Phi) is 16.6. The highest BCUT2D eigenvalue weighted by Gasteiger charge is 2.06. The van der Waals surface area contributed by atoms with E-state index in [-0.39, 0.29) is 18.6 Å². The Morgan fingerprint density at radius 2 is 1.67 bits per heavy atom. The Morgan fingerprint density at radius 3 is 2.37 bits per heavy atom. The van der Waals surface area contributed by atoms with Gasteiger partial charge in [-0.25, -0.2) is 0 Å². The van der Waals surface area contributed by atoms with Crippen LogP contribution in [0.4, 0.5) is 0 Å². The normalized spacial score (nSPS) is 13.1. The molecule has 3 N–H and O–H groups in total. The second kappa shape index (κ2) is 17.2. The Hall–Kier alpha value is -0.920. The Balaban J connectivity index is 3.40. The van der Waals surface area contributed by atoms with Gasteiger partial charge in [-0.3, -0.25) is 9.35 Å². The van der Waals surface area contributed by atoms with E-state index in [1.807, 2.05) is 0 Å². The smallest absolute Gasteiger partial charge is 0.266 e. The fourth-order valence-corrected chi connectivity index (χ4v) is 3.14. The standard InChI is InChI=1S/C20H39NO5S/c1-2-3-4-11-14-19(22)15-12-9-7-5-6-8-10-13-16-20(23)21-17-18-27(24,25)26/h9,12,19,22H,2-8,10-11,13-18H2,1H3,(H,21,23)(H,24,25,26)/b12-9-/t19-/m1/s1. The first-order chi connectivity index (χ1) is 12.8. The topological polar surface area (TPSA) is 104 Å². The lowest BCUT2D eigenvalue weighted by Gasteiger charge is -2.07. The van der Waals surface area contributed by atoms with Gasteiger partial charge in [-0.1, -0.05) is 64.0 Å². The van der Waals surface area contributed by atoms with Crippen LogP contribution in [-0.2, 0) is 14.9 Å². The SMILES string of the molecule is CCCCCC[C@@H](O)C/C=C\CCCCCCCC(=O)NCCS(=O)(=O)O. The van der Waals surface area contributed by atoms with E-state index in [4.69, 9.17) is 4.55 Å². The van der Waals surface area contributed by atoms with Gasteiger partial charge in [0.05, 0.1) is 11.9 Å². The summed E-state index contributed by atoms with van der Waals surface area (Å²) in [5.74, 6) is -0.614. The molecule has 27 heavy (non-hydrogen) atoms. The molecule has 0 fully saturated rings. The molecule has 0 aromatic carbocycles. The first kappa shape index (κ1) is 26.1. The van der Waals surface area contributed by atoms with Gasteiger partial charge in [0, 0.05) is 13.0 Å². The Labute approximate surface area is 165 Å². The van der Waals surface area contributed by atoms with Crippen molar-refractivity contribution in [3.05, 3.63) is 12.2 Å². The molecule has 160 valence electrons. The third-order valence-electron chi connectivity index (χ3n) is 4.42. The van der Waals surface area contributed by atoms with Crippen molar-refractivity contribution in [3.63, 3.8) is 0 Å². The van der Waals surface area contributed by atoms with Gasteiger partial charge in [-0.2, -0.15) is 8.42 Å². The summed E-state index contributed by atoms with van der Waals surface area (Å²) in [6, 6.07) is 0. The Morgan fingerprint density at radius 1 is 1.00 bits per heavy atom. The minimum absolute atomic E-state index is 0.0442. The molecule has 6 nitrogen and oxygen atoms in total. The summed E-state index contributed by atoms with van der Waals surface area (Å²) in [5.41, 5.74) is 0. The average molecular weight is 406 g/mol. The van der Waals surface area contributed by atoms with Crippen LogP contribution < -0.4 is 5.32 Å². The molecule has 0 unspecified atom stereocenters. The van der Waals surface area contributed by atoms with Gasteiger partial charge >= 0.3 is 0 Å². The van der Waals surface area contributed by atoms with Crippen molar-refractivity contribution in [2.24, 2.45) is 0 Å². The number of unbranched alkanes of at least 4 members (excludes halogenated alkanes) is 8. The van der Waals surface area contributed by atoms with E-state index in [1.165, 1.54) is 19.3 Å². The highest BCUT2D eigenvalue weighted by Crippen LogP contribution is 2.10. The highest BCUT2D eigenvalue weighted by atomic mass is 32.2. The maximum Gasteiger partial charge on any atom is 0.266 e. The minimum Gasteiger partial charge on any atom is -0.393 e. The quantitative estimate of drug-likeness (QED) is 0.182. The van der Waals surface area contributed by atoms with Crippen LogP contribution in [0.15, 0.2) is 12.2 Å². The van der Waals surface area contributed by atoms with Crippen LogP contribution in [0.2, 0.25) is 0 Å². The third kappa shape index (κ3) is 21.2. The molecule has 0 aliphatic rings. The molecule has 0 saturated carbocycles. The molecule has 0 aliphatic heterocycles. The van der Waals surface area contributed by atoms with E-state index >= 15 is 0 Å². The lowest BCUT2D eigenvalue weighted by atomic mass is 10.1. The second-order valence-corrected chi connectivity index (χ2v) is 8.72. The molecule has 1 amide bonds.